The topological polar surface area (TPSA) is 47.0 Å². The molecule has 4 heteroatoms. The van der Waals surface area contributed by atoms with Crippen LogP contribution in [-0.2, 0) is 11.2 Å². The SMILES string of the molecule is CCNc1cc(CC)nc(C(C)OC)n1. The van der Waals surface area contributed by atoms with Gasteiger partial charge in [0.25, 0.3) is 0 Å². The molecule has 0 bridgehead atoms. The van der Waals surface area contributed by atoms with Crippen LogP contribution in [-0.4, -0.2) is 23.6 Å². The maximum Gasteiger partial charge on any atom is 0.159 e. The van der Waals surface area contributed by atoms with Crippen molar-refractivity contribution >= 4 is 5.82 Å². The quantitative estimate of drug-likeness (QED) is 0.807. The molecule has 0 aliphatic rings. The van der Waals surface area contributed by atoms with Gasteiger partial charge in [-0.25, -0.2) is 9.97 Å². The van der Waals surface area contributed by atoms with Crippen LogP contribution in [0.2, 0.25) is 0 Å². The van der Waals surface area contributed by atoms with Crippen LogP contribution in [0.4, 0.5) is 5.82 Å². The predicted molar refractivity (Wildman–Crippen MR) is 61.0 cm³/mol. The molecule has 0 aliphatic heterocycles. The van der Waals surface area contributed by atoms with Crippen LogP contribution < -0.4 is 5.32 Å². The molecule has 0 spiro atoms. The molecule has 0 saturated carbocycles. The van der Waals surface area contributed by atoms with E-state index in [1.165, 1.54) is 0 Å². The second-order valence-corrected chi connectivity index (χ2v) is 3.36. The zero-order chi connectivity index (χ0) is 11.3. The molecule has 84 valence electrons. The van der Waals surface area contributed by atoms with E-state index in [0.717, 1.165) is 30.3 Å². The van der Waals surface area contributed by atoms with Gasteiger partial charge in [0.2, 0.25) is 0 Å². The molecule has 0 aliphatic carbocycles. The average Bonchev–Trinajstić information content (AvgIpc) is 2.28. The number of nitrogens with zero attached hydrogens (tertiary/aromatic N) is 2. The number of hydrogen-bond acceptors (Lipinski definition) is 4. The summed E-state index contributed by atoms with van der Waals surface area (Å²) in [5.74, 6) is 1.62. The van der Waals surface area contributed by atoms with Crippen molar-refractivity contribution in [3.8, 4) is 0 Å². The van der Waals surface area contributed by atoms with Crippen molar-refractivity contribution < 1.29 is 4.74 Å². The van der Waals surface area contributed by atoms with Crippen molar-refractivity contribution in [1.82, 2.24) is 9.97 Å². The van der Waals surface area contributed by atoms with Crippen LogP contribution in [0.15, 0.2) is 6.07 Å². The normalized spacial score (nSPS) is 12.5. The molecule has 1 aromatic heterocycles. The second-order valence-electron chi connectivity index (χ2n) is 3.36. The summed E-state index contributed by atoms with van der Waals surface area (Å²) in [4.78, 5) is 8.82. The van der Waals surface area contributed by atoms with Crippen molar-refractivity contribution in [1.29, 1.82) is 0 Å². The third-order valence-corrected chi connectivity index (χ3v) is 2.23. The minimum atomic E-state index is -0.0612. The lowest BCUT2D eigenvalue weighted by molar-refractivity contribution is 0.112. The van der Waals surface area contributed by atoms with E-state index in [-0.39, 0.29) is 6.10 Å². The molecule has 4 nitrogen and oxygen atoms in total. The molecule has 0 fully saturated rings. The standard InChI is InChI=1S/C11H19N3O/c1-5-9-7-10(12-6-2)14-11(13-9)8(3)15-4/h7-8H,5-6H2,1-4H3,(H,12,13,14). The largest absolute Gasteiger partial charge is 0.374 e. The van der Waals surface area contributed by atoms with Gasteiger partial charge in [0.1, 0.15) is 11.9 Å². The first kappa shape index (κ1) is 11.9. The Labute approximate surface area is 91.1 Å². The van der Waals surface area contributed by atoms with Gasteiger partial charge in [-0.1, -0.05) is 6.92 Å². The number of methoxy groups -OCH3 is 1. The first-order valence-corrected chi connectivity index (χ1v) is 5.35. The van der Waals surface area contributed by atoms with Gasteiger partial charge >= 0.3 is 0 Å². The fourth-order valence-corrected chi connectivity index (χ4v) is 1.26. The van der Waals surface area contributed by atoms with Crippen LogP contribution in [0, 0.1) is 0 Å². The Morgan fingerprint density at radius 3 is 2.67 bits per heavy atom. The van der Waals surface area contributed by atoms with E-state index in [4.69, 9.17) is 4.74 Å². The average molecular weight is 209 g/mol. The lowest BCUT2D eigenvalue weighted by Gasteiger charge is -2.11. The zero-order valence-electron chi connectivity index (χ0n) is 9.87. The van der Waals surface area contributed by atoms with Gasteiger partial charge in [0, 0.05) is 25.4 Å². The first-order valence-electron chi connectivity index (χ1n) is 5.35. The summed E-state index contributed by atoms with van der Waals surface area (Å²) in [6.45, 7) is 6.94. The van der Waals surface area contributed by atoms with Gasteiger partial charge in [0.15, 0.2) is 5.82 Å². The van der Waals surface area contributed by atoms with E-state index in [1.807, 2.05) is 19.9 Å². The van der Waals surface area contributed by atoms with Gasteiger partial charge in [-0.05, 0) is 20.3 Å². The van der Waals surface area contributed by atoms with Crippen molar-refractivity contribution in [2.75, 3.05) is 19.0 Å². The molecule has 1 N–H and O–H groups in total. The molecule has 1 atom stereocenters. The maximum absolute atomic E-state index is 5.22. The predicted octanol–water partition coefficient (Wildman–Crippen LogP) is 2.18. The monoisotopic (exact) mass is 209 g/mol. The van der Waals surface area contributed by atoms with Crippen LogP contribution in [0.1, 0.15) is 38.4 Å². The number of aryl methyl sites for hydroxylation is 1. The highest BCUT2D eigenvalue weighted by Crippen LogP contribution is 2.15. The second kappa shape index (κ2) is 5.66. The Morgan fingerprint density at radius 1 is 1.40 bits per heavy atom. The first-order chi connectivity index (χ1) is 7.21. The molecule has 0 amide bonds. The van der Waals surface area contributed by atoms with E-state index in [1.54, 1.807) is 7.11 Å². The summed E-state index contributed by atoms with van der Waals surface area (Å²) in [5.41, 5.74) is 1.04. The summed E-state index contributed by atoms with van der Waals surface area (Å²) in [6.07, 6.45) is 0.846. The van der Waals surface area contributed by atoms with Gasteiger partial charge in [0.05, 0.1) is 0 Å². The molecule has 1 unspecified atom stereocenters. The third kappa shape index (κ3) is 3.16. The van der Waals surface area contributed by atoms with Crippen molar-refractivity contribution in [2.24, 2.45) is 0 Å². The van der Waals surface area contributed by atoms with Gasteiger partial charge in [-0.15, -0.1) is 0 Å². The van der Waals surface area contributed by atoms with Crippen LogP contribution in [0.25, 0.3) is 0 Å². The molecule has 15 heavy (non-hydrogen) atoms. The summed E-state index contributed by atoms with van der Waals surface area (Å²) < 4.78 is 5.22. The van der Waals surface area contributed by atoms with Gasteiger partial charge in [-0.3, -0.25) is 0 Å². The Kier molecular flexibility index (Phi) is 4.49. The van der Waals surface area contributed by atoms with E-state index in [0.29, 0.717) is 0 Å². The number of hydrogen-bond donors (Lipinski definition) is 1. The van der Waals surface area contributed by atoms with Gasteiger partial charge in [-0.2, -0.15) is 0 Å². The fourth-order valence-electron chi connectivity index (χ4n) is 1.26. The summed E-state index contributed by atoms with van der Waals surface area (Å²) >= 11 is 0. The number of rotatable bonds is 5. The molecule has 1 rings (SSSR count). The molecule has 0 saturated heterocycles. The summed E-state index contributed by atoms with van der Waals surface area (Å²) in [7, 11) is 1.67. The third-order valence-electron chi connectivity index (χ3n) is 2.23. The molecule has 0 radical (unpaired) electrons. The van der Waals surface area contributed by atoms with Crippen molar-refractivity contribution in [3.63, 3.8) is 0 Å². The maximum atomic E-state index is 5.22. The smallest absolute Gasteiger partial charge is 0.159 e. The highest BCUT2D eigenvalue weighted by Gasteiger charge is 2.09. The van der Waals surface area contributed by atoms with E-state index >= 15 is 0 Å². The zero-order valence-corrected chi connectivity index (χ0v) is 9.87. The molecular weight excluding hydrogens is 190 g/mol. The number of anilines is 1. The van der Waals surface area contributed by atoms with Crippen molar-refractivity contribution in [3.05, 3.63) is 17.6 Å². The Morgan fingerprint density at radius 2 is 2.13 bits per heavy atom. The fraction of sp³-hybridized carbons (Fsp3) is 0.636. The van der Waals surface area contributed by atoms with Crippen LogP contribution in [0.5, 0.6) is 0 Å². The highest BCUT2D eigenvalue weighted by molar-refractivity contribution is 5.36. The molecular formula is C11H19N3O. The summed E-state index contributed by atoms with van der Waals surface area (Å²) in [6, 6.07) is 1.98. The summed E-state index contributed by atoms with van der Waals surface area (Å²) in [5, 5.41) is 3.19. The lowest BCUT2D eigenvalue weighted by atomic mass is 10.3. The minimum absolute atomic E-state index is 0.0612. The minimum Gasteiger partial charge on any atom is -0.374 e. The Bertz CT molecular complexity index is 315. The number of aromatic nitrogens is 2. The van der Waals surface area contributed by atoms with Gasteiger partial charge < -0.3 is 10.1 Å². The number of nitrogens with one attached hydrogen (secondary N) is 1. The highest BCUT2D eigenvalue weighted by atomic mass is 16.5. The van der Waals surface area contributed by atoms with Crippen LogP contribution in [0.3, 0.4) is 0 Å². The van der Waals surface area contributed by atoms with E-state index in [9.17, 15) is 0 Å². The molecule has 0 aromatic carbocycles. The Hall–Kier alpha value is -1.16. The molecule has 1 aromatic rings. The molecule has 1 heterocycles. The van der Waals surface area contributed by atoms with E-state index in [2.05, 4.69) is 22.2 Å². The van der Waals surface area contributed by atoms with Crippen LogP contribution >= 0.6 is 0 Å². The van der Waals surface area contributed by atoms with Crippen molar-refractivity contribution in [2.45, 2.75) is 33.3 Å². The lowest BCUT2D eigenvalue weighted by Crippen LogP contribution is -2.09. The number of ether oxygens (including phenoxy) is 1. The Balaban J connectivity index is 2.99. The van der Waals surface area contributed by atoms with E-state index < -0.39 is 0 Å².